The van der Waals surface area contributed by atoms with Crippen molar-refractivity contribution >= 4 is 39.7 Å². The number of hydrogen-bond donors (Lipinski definition) is 1. The van der Waals surface area contributed by atoms with E-state index < -0.39 is 20.5 Å². The Labute approximate surface area is 211 Å². The molecule has 1 aromatic heterocycles. The van der Waals surface area contributed by atoms with Gasteiger partial charge < -0.3 is 15.1 Å². The van der Waals surface area contributed by atoms with E-state index in [1.54, 1.807) is 36.0 Å². The van der Waals surface area contributed by atoms with E-state index in [-0.39, 0.29) is 17.7 Å². The molecule has 1 saturated heterocycles. The van der Waals surface area contributed by atoms with Crippen LogP contribution >= 0.6 is 11.8 Å². The molecule has 0 spiro atoms. The summed E-state index contributed by atoms with van der Waals surface area (Å²) in [6.07, 6.45) is 8.84. The number of amides is 1. The Hall–Kier alpha value is -2.36. The van der Waals surface area contributed by atoms with E-state index >= 15 is 0 Å². The van der Waals surface area contributed by atoms with E-state index in [0.29, 0.717) is 35.8 Å². The maximum absolute atomic E-state index is 13.5. The maximum atomic E-state index is 13.5. The van der Waals surface area contributed by atoms with Gasteiger partial charge in [-0.15, -0.1) is 0 Å². The van der Waals surface area contributed by atoms with Crippen LogP contribution in [0.2, 0.25) is 0 Å². The molecule has 9 heteroatoms. The van der Waals surface area contributed by atoms with Gasteiger partial charge in [0.2, 0.25) is 5.91 Å². The molecular weight excluding hydrogens is 482 g/mol. The summed E-state index contributed by atoms with van der Waals surface area (Å²) in [7, 11) is -3.87. The Morgan fingerprint density at radius 2 is 1.86 bits per heavy atom. The summed E-state index contributed by atoms with van der Waals surface area (Å²) < 4.78 is 31.1. The highest BCUT2D eigenvalue weighted by atomic mass is 32.2. The lowest BCUT2D eigenvalue weighted by Crippen LogP contribution is -2.57. The fourth-order valence-electron chi connectivity index (χ4n) is 4.67. The number of unbranched alkanes of at least 4 members (excludes halogenated alkanes) is 1. The Morgan fingerprint density at radius 1 is 1.17 bits per heavy atom. The molecule has 1 saturated carbocycles. The monoisotopic (exact) mass is 515 g/mol. The maximum Gasteiger partial charge on any atom is 0.256 e. The summed E-state index contributed by atoms with van der Waals surface area (Å²) in [6.45, 7) is 8.64. The average Bonchev–Trinajstić information content (AvgIpc) is 3.63. The molecule has 1 aliphatic heterocycles. The molecule has 0 bridgehead atoms. The van der Waals surface area contributed by atoms with Crippen molar-refractivity contribution in [1.82, 2.24) is 9.88 Å². The number of likely N-dealkylation sites (tertiary alicyclic amines) is 1. The largest absolute Gasteiger partial charge is 0.431 e. The fraction of sp³-hybridized carbons (Fsp3) is 0.462. The van der Waals surface area contributed by atoms with Crippen molar-refractivity contribution < 1.29 is 17.6 Å². The first kappa shape index (κ1) is 25.7. The predicted octanol–water partition coefficient (Wildman–Crippen LogP) is 4.33. The summed E-state index contributed by atoms with van der Waals surface area (Å²) in [5, 5.41) is 0.607. The highest BCUT2D eigenvalue weighted by molar-refractivity contribution is 7.99. The average molecular weight is 516 g/mol. The number of benzene rings is 1. The van der Waals surface area contributed by atoms with Gasteiger partial charge >= 0.3 is 0 Å². The van der Waals surface area contributed by atoms with Crippen LogP contribution in [-0.4, -0.2) is 53.8 Å². The molecule has 35 heavy (non-hydrogen) atoms. The van der Waals surface area contributed by atoms with Gasteiger partial charge in [-0.1, -0.05) is 37.1 Å². The van der Waals surface area contributed by atoms with Gasteiger partial charge in [-0.05, 0) is 74.8 Å². The molecule has 2 heterocycles. The van der Waals surface area contributed by atoms with Gasteiger partial charge in [0, 0.05) is 24.9 Å². The quantitative estimate of drug-likeness (QED) is 0.331. The van der Waals surface area contributed by atoms with Gasteiger partial charge in [-0.3, -0.25) is 4.79 Å². The summed E-state index contributed by atoms with van der Waals surface area (Å²) in [6, 6.07) is 7.48. The lowest BCUT2D eigenvalue weighted by atomic mass is 9.95. The molecule has 2 fully saturated rings. The number of aryl methyl sites for hydroxylation is 1. The SMILES string of the molecule is C=Cc1nc(SCCCCc2ccc(S(=O)(=O)C3(C(N)=O)CCN(C4CC4)CC3)cc2)oc1C=C. The number of primary amides is 1. The summed E-state index contributed by atoms with van der Waals surface area (Å²) >= 11 is 1.55. The van der Waals surface area contributed by atoms with Gasteiger partial charge in [-0.25, -0.2) is 13.4 Å². The molecule has 2 aliphatic rings. The van der Waals surface area contributed by atoms with Crippen molar-refractivity contribution in [3.63, 3.8) is 0 Å². The van der Waals surface area contributed by atoms with Crippen LogP contribution in [0.15, 0.2) is 52.0 Å². The van der Waals surface area contributed by atoms with Gasteiger partial charge in [0.25, 0.3) is 5.22 Å². The lowest BCUT2D eigenvalue weighted by molar-refractivity contribution is -0.121. The highest BCUT2D eigenvalue weighted by Gasteiger charge is 2.52. The summed E-state index contributed by atoms with van der Waals surface area (Å²) in [4.78, 5) is 19.3. The number of nitrogens with zero attached hydrogens (tertiary/aromatic N) is 2. The number of thioether (sulfide) groups is 1. The third-order valence-corrected chi connectivity index (χ3v) is 10.4. The van der Waals surface area contributed by atoms with Gasteiger partial charge in [0.15, 0.2) is 20.3 Å². The number of piperidine rings is 1. The van der Waals surface area contributed by atoms with Crippen molar-refractivity contribution in [2.24, 2.45) is 5.73 Å². The smallest absolute Gasteiger partial charge is 0.256 e. The number of sulfone groups is 1. The van der Waals surface area contributed by atoms with Crippen LogP contribution in [0.25, 0.3) is 12.2 Å². The zero-order valence-electron chi connectivity index (χ0n) is 19.9. The van der Waals surface area contributed by atoms with Crippen molar-refractivity contribution in [2.45, 2.75) is 65.9 Å². The lowest BCUT2D eigenvalue weighted by Gasteiger charge is -2.39. The molecule has 1 aromatic carbocycles. The number of rotatable bonds is 12. The topological polar surface area (TPSA) is 106 Å². The minimum atomic E-state index is -3.87. The number of carbonyl (C=O) groups is 1. The molecule has 2 aromatic rings. The van der Waals surface area contributed by atoms with E-state index in [4.69, 9.17) is 10.2 Å². The Bertz CT molecular complexity index is 1150. The van der Waals surface area contributed by atoms with Crippen molar-refractivity contribution in [3.8, 4) is 0 Å². The molecule has 0 radical (unpaired) electrons. The van der Waals surface area contributed by atoms with E-state index in [2.05, 4.69) is 23.0 Å². The molecule has 0 unspecified atom stereocenters. The van der Waals surface area contributed by atoms with Crippen LogP contribution in [0.1, 0.15) is 55.5 Å². The van der Waals surface area contributed by atoms with Gasteiger partial charge in [-0.2, -0.15) is 0 Å². The summed E-state index contributed by atoms with van der Waals surface area (Å²) in [5.41, 5.74) is 7.45. The van der Waals surface area contributed by atoms with Crippen molar-refractivity contribution in [2.75, 3.05) is 18.8 Å². The zero-order valence-corrected chi connectivity index (χ0v) is 21.6. The molecule has 1 aliphatic carbocycles. The third kappa shape index (κ3) is 5.42. The first-order chi connectivity index (χ1) is 16.8. The normalized spacial score (nSPS) is 18.3. The second-order valence-electron chi connectivity index (χ2n) is 9.22. The molecule has 188 valence electrons. The van der Waals surface area contributed by atoms with E-state index in [0.717, 1.165) is 43.4 Å². The van der Waals surface area contributed by atoms with Gasteiger partial charge in [0.05, 0.1) is 4.90 Å². The second kappa shape index (κ2) is 10.7. The molecule has 7 nitrogen and oxygen atoms in total. The highest BCUT2D eigenvalue weighted by Crippen LogP contribution is 2.39. The second-order valence-corrected chi connectivity index (χ2v) is 12.5. The third-order valence-electron chi connectivity index (χ3n) is 6.99. The van der Waals surface area contributed by atoms with Crippen LogP contribution in [-0.2, 0) is 21.1 Å². The molecule has 1 amide bonds. The minimum Gasteiger partial charge on any atom is -0.431 e. The van der Waals surface area contributed by atoms with Crippen LogP contribution in [0, 0.1) is 0 Å². The predicted molar refractivity (Wildman–Crippen MR) is 140 cm³/mol. The van der Waals surface area contributed by atoms with E-state index in [1.165, 1.54) is 0 Å². The van der Waals surface area contributed by atoms with E-state index in [1.807, 2.05) is 12.1 Å². The Balaban J connectivity index is 1.31. The minimum absolute atomic E-state index is 0.176. The molecule has 2 N–H and O–H groups in total. The van der Waals surface area contributed by atoms with Crippen LogP contribution < -0.4 is 5.73 Å². The van der Waals surface area contributed by atoms with Crippen molar-refractivity contribution in [1.29, 1.82) is 0 Å². The zero-order chi connectivity index (χ0) is 25.1. The Kier molecular flexibility index (Phi) is 7.88. The molecular formula is C26H33N3O4S2. The molecule has 4 rings (SSSR count). The number of aromatic nitrogens is 1. The van der Waals surface area contributed by atoms with Crippen LogP contribution in [0.5, 0.6) is 0 Å². The first-order valence-electron chi connectivity index (χ1n) is 12.1. The number of nitrogens with two attached hydrogens (primary N) is 1. The Morgan fingerprint density at radius 3 is 2.40 bits per heavy atom. The standard InChI is InChI=1S/C26H33N3O4S2/c1-3-22-23(4-2)33-25(28-22)34-18-6-5-7-19-8-12-21(13-9-19)35(31,32)26(24(27)30)14-16-29(17-15-26)20-10-11-20/h3-4,8-9,12-13,20H,1-2,5-7,10-11,14-18H2,(H2,27,30). The van der Waals surface area contributed by atoms with Gasteiger partial charge in [0.1, 0.15) is 5.69 Å². The first-order valence-corrected chi connectivity index (χ1v) is 14.5. The van der Waals surface area contributed by atoms with Crippen LogP contribution in [0.4, 0.5) is 0 Å². The number of oxazole rings is 1. The van der Waals surface area contributed by atoms with E-state index in [9.17, 15) is 13.2 Å². The van der Waals surface area contributed by atoms with Crippen LogP contribution in [0.3, 0.4) is 0 Å². The molecule has 0 atom stereocenters. The fourth-order valence-corrected chi connectivity index (χ4v) is 7.43. The number of carbonyl (C=O) groups excluding carboxylic acids is 1. The number of hydrogen-bond acceptors (Lipinski definition) is 7. The van der Waals surface area contributed by atoms with Crippen molar-refractivity contribution in [3.05, 3.63) is 54.4 Å². The summed E-state index contributed by atoms with van der Waals surface area (Å²) in [5.74, 6) is 0.754.